The molecule has 3 N–H and O–H groups in total. The molecule has 1 aliphatic rings. The number of nitrogens with two attached hydrogens (primary N) is 1. The predicted molar refractivity (Wildman–Crippen MR) is 84.9 cm³/mol. The fourth-order valence-corrected chi connectivity index (χ4v) is 4.35. The third-order valence-electron chi connectivity index (χ3n) is 4.19. The van der Waals surface area contributed by atoms with Crippen LogP contribution in [0, 0.1) is 0 Å². The SMILES string of the molecule is COC(=O)c1ccc(S(=O)(=O)NC2(CN)CCCC2)cc1OC. The van der Waals surface area contributed by atoms with E-state index in [1.807, 2.05) is 0 Å². The summed E-state index contributed by atoms with van der Waals surface area (Å²) < 4.78 is 37.7. The van der Waals surface area contributed by atoms with Gasteiger partial charge in [0.15, 0.2) is 0 Å². The number of rotatable bonds is 6. The van der Waals surface area contributed by atoms with E-state index in [1.54, 1.807) is 0 Å². The zero-order chi connectivity index (χ0) is 17.1. The lowest BCUT2D eigenvalue weighted by atomic mass is 10.0. The van der Waals surface area contributed by atoms with E-state index in [9.17, 15) is 13.2 Å². The van der Waals surface area contributed by atoms with Crippen molar-refractivity contribution in [3.63, 3.8) is 0 Å². The van der Waals surface area contributed by atoms with Crippen molar-refractivity contribution in [3.05, 3.63) is 23.8 Å². The van der Waals surface area contributed by atoms with Gasteiger partial charge in [0, 0.05) is 18.2 Å². The summed E-state index contributed by atoms with van der Waals surface area (Å²) in [5.41, 5.74) is 5.36. The first-order chi connectivity index (χ1) is 10.9. The summed E-state index contributed by atoms with van der Waals surface area (Å²) in [4.78, 5) is 11.7. The molecule has 128 valence electrons. The molecule has 2 rings (SSSR count). The van der Waals surface area contributed by atoms with Crippen LogP contribution in [0.2, 0.25) is 0 Å². The van der Waals surface area contributed by atoms with Crippen molar-refractivity contribution in [2.24, 2.45) is 5.73 Å². The number of hydrogen-bond donors (Lipinski definition) is 2. The van der Waals surface area contributed by atoms with Gasteiger partial charge in [0.1, 0.15) is 11.3 Å². The van der Waals surface area contributed by atoms with Crippen molar-refractivity contribution in [2.75, 3.05) is 20.8 Å². The zero-order valence-corrected chi connectivity index (χ0v) is 14.1. The minimum absolute atomic E-state index is 0.0294. The number of benzene rings is 1. The first-order valence-corrected chi connectivity index (χ1v) is 8.86. The molecule has 0 spiro atoms. The molecular weight excluding hydrogens is 320 g/mol. The molecule has 7 nitrogen and oxygen atoms in total. The number of sulfonamides is 1. The number of carbonyl (C=O) groups excluding carboxylic acids is 1. The Labute approximate surface area is 136 Å². The van der Waals surface area contributed by atoms with Crippen LogP contribution in [0.4, 0.5) is 0 Å². The molecule has 8 heteroatoms. The molecule has 0 aliphatic heterocycles. The summed E-state index contributed by atoms with van der Waals surface area (Å²) in [5.74, 6) is -0.444. The highest BCUT2D eigenvalue weighted by atomic mass is 32.2. The smallest absolute Gasteiger partial charge is 0.341 e. The molecule has 1 aromatic rings. The van der Waals surface area contributed by atoms with Gasteiger partial charge in [0.05, 0.1) is 19.1 Å². The number of esters is 1. The molecular formula is C15H22N2O5S. The monoisotopic (exact) mass is 342 g/mol. The Morgan fingerprint density at radius 3 is 2.48 bits per heavy atom. The second-order valence-electron chi connectivity index (χ2n) is 5.65. The number of methoxy groups -OCH3 is 2. The Bertz CT molecular complexity index is 681. The van der Waals surface area contributed by atoms with Crippen molar-refractivity contribution in [2.45, 2.75) is 36.1 Å². The summed E-state index contributed by atoms with van der Waals surface area (Å²) in [5, 5.41) is 0. The lowest BCUT2D eigenvalue weighted by Gasteiger charge is -2.28. The van der Waals surface area contributed by atoms with E-state index < -0.39 is 21.5 Å². The highest BCUT2D eigenvalue weighted by Crippen LogP contribution is 2.31. The molecule has 0 radical (unpaired) electrons. The molecule has 1 saturated carbocycles. The summed E-state index contributed by atoms with van der Waals surface area (Å²) in [7, 11) is -1.14. The molecule has 0 aromatic heterocycles. The maximum atomic E-state index is 12.6. The molecule has 1 fully saturated rings. The summed E-state index contributed by atoms with van der Waals surface area (Å²) in [6, 6.07) is 4.05. The van der Waals surface area contributed by atoms with Crippen LogP contribution >= 0.6 is 0 Å². The van der Waals surface area contributed by atoms with Gasteiger partial charge in [-0.1, -0.05) is 12.8 Å². The van der Waals surface area contributed by atoms with Crippen molar-refractivity contribution in [1.29, 1.82) is 0 Å². The van der Waals surface area contributed by atoms with Crippen LogP contribution in [-0.4, -0.2) is 40.7 Å². The van der Waals surface area contributed by atoms with Gasteiger partial charge in [-0.2, -0.15) is 0 Å². The van der Waals surface area contributed by atoms with Gasteiger partial charge in [-0.15, -0.1) is 0 Å². The van der Waals surface area contributed by atoms with Gasteiger partial charge in [-0.25, -0.2) is 17.9 Å². The number of hydrogen-bond acceptors (Lipinski definition) is 6. The Morgan fingerprint density at radius 1 is 1.30 bits per heavy atom. The van der Waals surface area contributed by atoms with Gasteiger partial charge in [-0.3, -0.25) is 0 Å². The lowest BCUT2D eigenvalue weighted by Crippen LogP contribution is -2.51. The Morgan fingerprint density at radius 2 is 1.96 bits per heavy atom. The molecule has 0 bridgehead atoms. The maximum absolute atomic E-state index is 12.6. The third-order valence-corrected chi connectivity index (χ3v) is 5.77. The standard InChI is InChI=1S/C15H22N2O5S/c1-21-13-9-11(5-6-12(13)14(18)22-2)23(19,20)17-15(10-16)7-3-4-8-15/h5-6,9,17H,3-4,7-8,10,16H2,1-2H3. The van der Waals surface area contributed by atoms with Crippen LogP contribution in [0.3, 0.4) is 0 Å². The van der Waals surface area contributed by atoms with Crippen LogP contribution in [0.5, 0.6) is 5.75 Å². The third kappa shape index (κ3) is 3.65. The van der Waals surface area contributed by atoms with Gasteiger partial charge in [0.25, 0.3) is 0 Å². The fraction of sp³-hybridized carbons (Fsp3) is 0.533. The van der Waals surface area contributed by atoms with E-state index in [2.05, 4.69) is 9.46 Å². The topological polar surface area (TPSA) is 108 Å². The largest absolute Gasteiger partial charge is 0.496 e. The zero-order valence-electron chi connectivity index (χ0n) is 13.3. The normalized spacial score (nSPS) is 17.0. The van der Waals surface area contributed by atoms with E-state index in [1.165, 1.54) is 32.4 Å². The first-order valence-electron chi connectivity index (χ1n) is 7.38. The van der Waals surface area contributed by atoms with Crippen LogP contribution < -0.4 is 15.2 Å². The Hall–Kier alpha value is -1.64. The van der Waals surface area contributed by atoms with Gasteiger partial charge in [-0.05, 0) is 25.0 Å². The van der Waals surface area contributed by atoms with E-state index >= 15 is 0 Å². The minimum Gasteiger partial charge on any atom is -0.496 e. The highest BCUT2D eigenvalue weighted by Gasteiger charge is 2.37. The first kappa shape index (κ1) is 17.7. The van der Waals surface area contributed by atoms with Crippen LogP contribution in [-0.2, 0) is 14.8 Å². The summed E-state index contributed by atoms with van der Waals surface area (Å²) in [6.07, 6.45) is 3.34. The number of ether oxygens (including phenoxy) is 2. The number of carbonyl (C=O) groups is 1. The molecule has 0 heterocycles. The average molecular weight is 342 g/mol. The molecule has 23 heavy (non-hydrogen) atoms. The van der Waals surface area contributed by atoms with Gasteiger partial charge in [0.2, 0.25) is 10.0 Å². The maximum Gasteiger partial charge on any atom is 0.341 e. The Balaban J connectivity index is 2.35. The minimum atomic E-state index is -3.76. The molecule has 0 amide bonds. The summed E-state index contributed by atoms with van der Waals surface area (Å²) in [6.45, 7) is 0.254. The van der Waals surface area contributed by atoms with Gasteiger partial charge < -0.3 is 15.2 Å². The molecule has 0 atom stereocenters. The highest BCUT2D eigenvalue weighted by molar-refractivity contribution is 7.89. The van der Waals surface area contributed by atoms with E-state index in [0.29, 0.717) is 0 Å². The van der Waals surface area contributed by atoms with E-state index in [-0.39, 0.29) is 22.8 Å². The van der Waals surface area contributed by atoms with Crippen molar-refractivity contribution in [1.82, 2.24) is 4.72 Å². The molecule has 0 saturated heterocycles. The second-order valence-corrected chi connectivity index (χ2v) is 7.33. The van der Waals surface area contributed by atoms with Crippen LogP contribution in [0.25, 0.3) is 0 Å². The molecule has 1 aromatic carbocycles. The van der Waals surface area contributed by atoms with Crippen LogP contribution in [0.1, 0.15) is 36.0 Å². The summed E-state index contributed by atoms with van der Waals surface area (Å²) >= 11 is 0. The second kappa shape index (κ2) is 6.86. The van der Waals surface area contributed by atoms with Crippen molar-refractivity contribution < 1.29 is 22.7 Å². The van der Waals surface area contributed by atoms with Gasteiger partial charge >= 0.3 is 5.97 Å². The fourth-order valence-electron chi connectivity index (χ4n) is 2.86. The lowest BCUT2D eigenvalue weighted by molar-refractivity contribution is 0.0597. The van der Waals surface area contributed by atoms with Crippen LogP contribution in [0.15, 0.2) is 23.1 Å². The molecule has 1 aliphatic carbocycles. The molecule has 0 unspecified atom stereocenters. The Kier molecular flexibility index (Phi) is 5.28. The van der Waals surface area contributed by atoms with E-state index in [4.69, 9.17) is 10.5 Å². The average Bonchev–Trinajstić information content (AvgIpc) is 3.01. The van der Waals surface area contributed by atoms with Crippen molar-refractivity contribution in [3.8, 4) is 5.75 Å². The van der Waals surface area contributed by atoms with E-state index in [0.717, 1.165) is 25.7 Å². The number of nitrogens with one attached hydrogen (secondary N) is 1. The quantitative estimate of drug-likeness (QED) is 0.748. The van der Waals surface area contributed by atoms with Crippen molar-refractivity contribution >= 4 is 16.0 Å². The predicted octanol–water partition coefficient (Wildman–Crippen LogP) is 1.03.